The number of carbonyl (C=O) groups excluding carboxylic acids is 1. The number of hydrogen-bond acceptors (Lipinski definition) is 4. The van der Waals surface area contributed by atoms with Gasteiger partial charge in [0.25, 0.3) is 5.91 Å². The quantitative estimate of drug-likeness (QED) is 0.665. The third-order valence-electron chi connectivity index (χ3n) is 3.48. The highest BCUT2D eigenvalue weighted by Crippen LogP contribution is 2.19. The van der Waals surface area contributed by atoms with Crippen LogP contribution in [-0.2, 0) is 7.05 Å². The van der Waals surface area contributed by atoms with Crippen molar-refractivity contribution in [1.29, 1.82) is 0 Å². The Morgan fingerprint density at radius 2 is 1.56 bits per heavy atom. The number of rotatable bonds is 5. The van der Waals surface area contributed by atoms with Crippen molar-refractivity contribution >= 4 is 28.9 Å². The number of carbonyl (C=O) groups is 2. The van der Waals surface area contributed by atoms with Crippen molar-refractivity contribution in [1.82, 2.24) is 9.78 Å². The lowest BCUT2D eigenvalue weighted by atomic mass is 10.2. The summed E-state index contributed by atoms with van der Waals surface area (Å²) in [5.41, 5.74) is 2.11. The number of amides is 1. The number of anilines is 3. The first-order chi connectivity index (χ1) is 12.0. The summed E-state index contributed by atoms with van der Waals surface area (Å²) in [6.07, 6.45) is 1.30. The van der Waals surface area contributed by atoms with Gasteiger partial charge in [0, 0.05) is 30.3 Å². The van der Waals surface area contributed by atoms with E-state index in [1.165, 1.54) is 10.9 Å². The first-order valence-corrected chi connectivity index (χ1v) is 7.53. The average Bonchev–Trinajstić information content (AvgIpc) is 3.00. The van der Waals surface area contributed by atoms with Crippen LogP contribution in [0.15, 0.2) is 60.8 Å². The number of aryl methyl sites for hydroxylation is 1. The van der Waals surface area contributed by atoms with Crippen molar-refractivity contribution < 1.29 is 14.7 Å². The zero-order valence-electron chi connectivity index (χ0n) is 13.4. The number of hydrogen-bond donors (Lipinski definition) is 3. The van der Waals surface area contributed by atoms with Crippen LogP contribution in [0.1, 0.15) is 20.8 Å². The number of benzene rings is 2. The lowest BCUT2D eigenvalue weighted by Gasteiger charge is -2.08. The molecule has 0 bridgehead atoms. The maximum Gasteiger partial charge on any atom is 0.339 e. The molecule has 0 atom stereocenters. The summed E-state index contributed by atoms with van der Waals surface area (Å²) in [4.78, 5) is 23.4. The molecule has 25 heavy (non-hydrogen) atoms. The van der Waals surface area contributed by atoms with Crippen LogP contribution < -0.4 is 10.6 Å². The average molecular weight is 336 g/mol. The van der Waals surface area contributed by atoms with E-state index in [0.717, 1.165) is 11.4 Å². The van der Waals surface area contributed by atoms with Gasteiger partial charge in [-0.3, -0.25) is 9.48 Å². The third kappa shape index (κ3) is 3.84. The Bertz CT molecular complexity index is 902. The van der Waals surface area contributed by atoms with Crippen LogP contribution in [0, 0.1) is 0 Å². The van der Waals surface area contributed by atoms with Crippen LogP contribution in [-0.4, -0.2) is 26.8 Å². The molecule has 1 heterocycles. The van der Waals surface area contributed by atoms with Gasteiger partial charge in [-0.1, -0.05) is 18.2 Å². The SMILES string of the molecule is Cn1cc(C(=O)O)c(C(=O)Nc2ccc(Nc3ccccc3)cc2)n1. The molecule has 0 unspecified atom stereocenters. The first-order valence-electron chi connectivity index (χ1n) is 7.53. The monoisotopic (exact) mass is 336 g/mol. The molecule has 0 aliphatic heterocycles. The molecule has 0 spiro atoms. The molecule has 7 heteroatoms. The molecule has 0 fully saturated rings. The number of para-hydroxylation sites is 1. The van der Waals surface area contributed by atoms with E-state index in [9.17, 15) is 9.59 Å². The largest absolute Gasteiger partial charge is 0.478 e. The number of nitrogens with one attached hydrogen (secondary N) is 2. The predicted molar refractivity (Wildman–Crippen MR) is 94.3 cm³/mol. The van der Waals surface area contributed by atoms with Crippen LogP contribution in [0.4, 0.5) is 17.1 Å². The molecule has 126 valence electrons. The second kappa shape index (κ2) is 6.88. The van der Waals surface area contributed by atoms with Crippen LogP contribution in [0.5, 0.6) is 0 Å². The fraction of sp³-hybridized carbons (Fsp3) is 0.0556. The van der Waals surface area contributed by atoms with E-state index in [2.05, 4.69) is 15.7 Å². The summed E-state index contributed by atoms with van der Waals surface area (Å²) in [6.45, 7) is 0. The van der Waals surface area contributed by atoms with E-state index in [1.54, 1.807) is 19.2 Å². The molecule has 0 aliphatic rings. The second-order valence-corrected chi connectivity index (χ2v) is 5.39. The Balaban J connectivity index is 1.71. The number of aromatic nitrogens is 2. The van der Waals surface area contributed by atoms with Crippen molar-refractivity contribution in [3.8, 4) is 0 Å². The summed E-state index contributed by atoms with van der Waals surface area (Å²) in [5.74, 6) is -1.76. The summed E-state index contributed by atoms with van der Waals surface area (Å²) >= 11 is 0. The second-order valence-electron chi connectivity index (χ2n) is 5.39. The smallest absolute Gasteiger partial charge is 0.339 e. The topological polar surface area (TPSA) is 96.2 Å². The van der Waals surface area contributed by atoms with Gasteiger partial charge in [-0.2, -0.15) is 5.10 Å². The van der Waals surface area contributed by atoms with Gasteiger partial charge in [-0.25, -0.2) is 4.79 Å². The maximum absolute atomic E-state index is 12.3. The molecule has 7 nitrogen and oxygen atoms in total. The van der Waals surface area contributed by atoms with Crippen molar-refractivity contribution in [2.45, 2.75) is 0 Å². The van der Waals surface area contributed by atoms with E-state index in [1.807, 2.05) is 42.5 Å². The molecule has 0 saturated heterocycles. The molecule has 3 aromatic rings. The summed E-state index contributed by atoms with van der Waals surface area (Å²) < 4.78 is 1.30. The van der Waals surface area contributed by atoms with Gasteiger partial charge >= 0.3 is 5.97 Å². The zero-order chi connectivity index (χ0) is 17.8. The van der Waals surface area contributed by atoms with Crippen LogP contribution in [0.25, 0.3) is 0 Å². The van der Waals surface area contributed by atoms with Crippen molar-refractivity contribution in [2.24, 2.45) is 7.05 Å². The number of carboxylic acids is 1. The maximum atomic E-state index is 12.3. The van der Waals surface area contributed by atoms with Crippen LogP contribution in [0.2, 0.25) is 0 Å². The van der Waals surface area contributed by atoms with E-state index >= 15 is 0 Å². The number of aromatic carboxylic acids is 1. The normalized spacial score (nSPS) is 10.3. The Morgan fingerprint density at radius 1 is 0.960 bits per heavy atom. The van der Waals surface area contributed by atoms with Gasteiger partial charge < -0.3 is 15.7 Å². The van der Waals surface area contributed by atoms with E-state index < -0.39 is 11.9 Å². The van der Waals surface area contributed by atoms with E-state index in [-0.39, 0.29) is 11.3 Å². The van der Waals surface area contributed by atoms with Gasteiger partial charge in [0.2, 0.25) is 0 Å². The van der Waals surface area contributed by atoms with Gasteiger partial charge in [-0.15, -0.1) is 0 Å². The minimum Gasteiger partial charge on any atom is -0.478 e. The minimum atomic E-state index is -1.19. The standard InChI is InChI=1S/C18H16N4O3/c1-22-11-15(18(24)25)16(21-22)17(23)20-14-9-7-13(8-10-14)19-12-5-3-2-4-6-12/h2-11,19H,1H3,(H,20,23)(H,24,25). The minimum absolute atomic E-state index is 0.124. The van der Waals surface area contributed by atoms with Crippen molar-refractivity contribution in [3.63, 3.8) is 0 Å². The predicted octanol–water partition coefficient (Wildman–Crippen LogP) is 3.11. The molecule has 3 rings (SSSR count). The molecule has 2 aromatic carbocycles. The van der Waals surface area contributed by atoms with Gasteiger partial charge in [0.05, 0.1) is 0 Å². The van der Waals surface area contributed by atoms with Crippen LogP contribution >= 0.6 is 0 Å². The number of nitrogens with zero attached hydrogens (tertiary/aromatic N) is 2. The van der Waals surface area contributed by atoms with Crippen molar-refractivity contribution in [2.75, 3.05) is 10.6 Å². The first kappa shape index (κ1) is 16.3. The van der Waals surface area contributed by atoms with Crippen LogP contribution in [0.3, 0.4) is 0 Å². The fourth-order valence-electron chi connectivity index (χ4n) is 2.33. The molecule has 0 aliphatic carbocycles. The van der Waals surface area contributed by atoms with Gasteiger partial charge in [0.15, 0.2) is 5.69 Å². The Hall–Kier alpha value is -3.61. The summed E-state index contributed by atoms with van der Waals surface area (Å²) in [6, 6.07) is 16.8. The highest BCUT2D eigenvalue weighted by Gasteiger charge is 2.21. The highest BCUT2D eigenvalue weighted by atomic mass is 16.4. The molecule has 0 saturated carbocycles. The summed E-state index contributed by atoms with van der Waals surface area (Å²) in [5, 5.41) is 18.9. The number of carboxylic acid groups (broad SMARTS) is 1. The lowest BCUT2D eigenvalue weighted by molar-refractivity contribution is 0.0692. The molecular formula is C18H16N4O3. The third-order valence-corrected chi connectivity index (χ3v) is 3.48. The van der Waals surface area contributed by atoms with Crippen molar-refractivity contribution in [3.05, 3.63) is 72.1 Å². The van der Waals surface area contributed by atoms with E-state index in [4.69, 9.17) is 5.11 Å². The highest BCUT2D eigenvalue weighted by molar-refractivity contribution is 6.09. The molecule has 1 aromatic heterocycles. The Labute approximate surface area is 143 Å². The molecule has 0 radical (unpaired) electrons. The fourth-order valence-corrected chi connectivity index (χ4v) is 2.33. The van der Waals surface area contributed by atoms with Gasteiger partial charge in [-0.05, 0) is 36.4 Å². The summed E-state index contributed by atoms with van der Waals surface area (Å²) in [7, 11) is 1.56. The van der Waals surface area contributed by atoms with Gasteiger partial charge in [0.1, 0.15) is 5.56 Å². The Kier molecular flexibility index (Phi) is 4.47. The molecular weight excluding hydrogens is 320 g/mol. The zero-order valence-corrected chi connectivity index (χ0v) is 13.4. The lowest BCUT2D eigenvalue weighted by Crippen LogP contribution is -2.16. The Morgan fingerprint density at radius 3 is 2.20 bits per heavy atom. The van der Waals surface area contributed by atoms with E-state index in [0.29, 0.717) is 5.69 Å². The molecule has 1 amide bonds. The molecule has 3 N–H and O–H groups in total.